The molecule has 0 aromatic carbocycles. The molecule has 0 spiro atoms. The van der Waals surface area contributed by atoms with Crippen molar-refractivity contribution in [2.75, 3.05) is 40.9 Å². The Bertz CT molecular complexity index is 1490. The van der Waals surface area contributed by atoms with Crippen molar-refractivity contribution < 1.29 is 37.3 Å². The standard InChI is InChI=1S/C61H109N2O7P/c1-7-10-13-16-19-22-25-27-29-30-31-32-34-36-39-42-45-48-51-54-61(65)70-59(52-49-46-43-40-37-24-21-18-15-12-9-3)58(57-69-71(66,67)68-56-55-63(4,5)6)62-60(64)53-50-47-44-41-38-35-33-28-26-23-20-17-14-11-8-2/h10,13,19,22,27,29,31-32,36,39,45,48-49,52,58-59H,7-9,11-12,14-18,20-21,23-26,28,30,33-35,37-38,40-44,46-47,50-51,53-57H2,1-6H3,(H-,62,64,66,67)/p+1/b13-10-,22-19-,29-27-,32-31-,39-36-,48-45-,52-49+. The summed E-state index contributed by atoms with van der Waals surface area (Å²) in [6.45, 7) is 6.84. The van der Waals surface area contributed by atoms with Gasteiger partial charge in [-0.15, -0.1) is 0 Å². The van der Waals surface area contributed by atoms with E-state index in [2.05, 4.69) is 92.9 Å². The number of ether oxygens (including phenoxy) is 1. The second-order valence-corrected chi connectivity index (χ2v) is 21.9. The first-order valence-corrected chi connectivity index (χ1v) is 30.4. The molecule has 0 saturated heterocycles. The predicted molar refractivity (Wildman–Crippen MR) is 304 cm³/mol. The molecule has 0 saturated carbocycles. The molecule has 2 N–H and O–H groups in total. The van der Waals surface area contributed by atoms with Crippen LogP contribution < -0.4 is 5.32 Å². The highest BCUT2D eigenvalue weighted by atomic mass is 31.2. The Morgan fingerprint density at radius 2 is 0.915 bits per heavy atom. The number of esters is 1. The number of rotatable bonds is 51. The number of hydrogen-bond acceptors (Lipinski definition) is 6. The number of phosphoric acid groups is 1. The molecule has 71 heavy (non-hydrogen) atoms. The van der Waals surface area contributed by atoms with Crippen LogP contribution in [-0.2, 0) is 27.9 Å². The molecule has 0 aliphatic heterocycles. The second-order valence-electron chi connectivity index (χ2n) is 20.4. The molecule has 3 unspecified atom stereocenters. The van der Waals surface area contributed by atoms with Gasteiger partial charge in [-0.25, -0.2) is 4.57 Å². The van der Waals surface area contributed by atoms with Crippen molar-refractivity contribution >= 4 is 19.7 Å². The summed E-state index contributed by atoms with van der Waals surface area (Å²) in [5, 5.41) is 3.03. The minimum atomic E-state index is -4.46. The van der Waals surface area contributed by atoms with E-state index in [1.54, 1.807) is 0 Å². The minimum Gasteiger partial charge on any atom is -0.456 e. The molecular weight excluding hydrogens is 904 g/mol. The number of phosphoric ester groups is 1. The van der Waals surface area contributed by atoms with Crippen LogP contribution in [0.4, 0.5) is 0 Å². The largest absolute Gasteiger partial charge is 0.472 e. The van der Waals surface area contributed by atoms with Crippen LogP contribution in [0.15, 0.2) is 85.1 Å². The summed E-state index contributed by atoms with van der Waals surface area (Å²) in [6.07, 6.45) is 65.9. The fourth-order valence-electron chi connectivity index (χ4n) is 7.91. The molecule has 410 valence electrons. The van der Waals surface area contributed by atoms with Crippen molar-refractivity contribution in [3.63, 3.8) is 0 Å². The third-order valence-electron chi connectivity index (χ3n) is 12.4. The first-order valence-electron chi connectivity index (χ1n) is 28.9. The maximum atomic E-state index is 13.5. The van der Waals surface area contributed by atoms with E-state index in [-0.39, 0.29) is 25.5 Å². The van der Waals surface area contributed by atoms with Crippen LogP contribution in [0.1, 0.15) is 239 Å². The maximum Gasteiger partial charge on any atom is 0.472 e. The Morgan fingerprint density at radius 3 is 1.35 bits per heavy atom. The van der Waals surface area contributed by atoms with E-state index in [1.165, 1.54) is 122 Å². The van der Waals surface area contributed by atoms with Gasteiger partial charge in [0, 0.05) is 12.8 Å². The number of quaternary nitrogens is 1. The predicted octanol–water partition coefficient (Wildman–Crippen LogP) is 17.4. The van der Waals surface area contributed by atoms with Crippen LogP contribution in [0.5, 0.6) is 0 Å². The first-order chi connectivity index (χ1) is 34.4. The van der Waals surface area contributed by atoms with Gasteiger partial charge in [0.2, 0.25) is 5.91 Å². The topological polar surface area (TPSA) is 111 Å². The summed E-state index contributed by atoms with van der Waals surface area (Å²) in [5.74, 6) is -0.603. The lowest BCUT2D eigenvalue weighted by Gasteiger charge is -2.27. The van der Waals surface area contributed by atoms with Gasteiger partial charge in [0.25, 0.3) is 0 Å². The molecule has 3 atom stereocenters. The Kier molecular flexibility index (Phi) is 48.7. The van der Waals surface area contributed by atoms with Crippen molar-refractivity contribution in [2.24, 2.45) is 0 Å². The average molecular weight is 1010 g/mol. The molecule has 1 amide bonds. The maximum absolute atomic E-state index is 13.5. The van der Waals surface area contributed by atoms with E-state index in [4.69, 9.17) is 13.8 Å². The van der Waals surface area contributed by atoms with Crippen LogP contribution in [0.2, 0.25) is 0 Å². The Hall–Kier alpha value is -2.81. The lowest BCUT2D eigenvalue weighted by molar-refractivity contribution is -0.870. The fraction of sp³-hybridized carbons (Fsp3) is 0.738. The van der Waals surface area contributed by atoms with E-state index < -0.39 is 25.9 Å². The third kappa shape index (κ3) is 51.9. The molecule has 0 aliphatic carbocycles. The van der Waals surface area contributed by atoms with E-state index in [0.717, 1.165) is 77.0 Å². The number of nitrogens with zero attached hydrogens (tertiary/aromatic N) is 1. The molecule has 0 aromatic rings. The third-order valence-corrected chi connectivity index (χ3v) is 13.3. The molecule has 0 aromatic heterocycles. The van der Waals surface area contributed by atoms with Gasteiger partial charge in [-0.05, 0) is 70.3 Å². The van der Waals surface area contributed by atoms with E-state index in [1.807, 2.05) is 39.4 Å². The monoisotopic (exact) mass is 1010 g/mol. The van der Waals surface area contributed by atoms with Crippen LogP contribution in [0, 0.1) is 0 Å². The van der Waals surface area contributed by atoms with Crippen LogP contribution >= 0.6 is 7.82 Å². The normalized spacial score (nSPS) is 14.4. The van der Waals surface area contributed by atoms with Crippen LogP contribution in [0.3, 0.4) is 0 Å². The van der Waals surface area contributed by atoms with Crippen molar-refractivity contribution in [3.8, 4) is 0 Å². The quantitative estimate of drug-likeness (QED) is 0.0205. The molecule has 0 radical (unpaired) electrons. The van der Waals surface area contributed by atoms with E-state index >= 15 is 0 Å². The Morgan fingerprint density at radius 1 is 0.507 bits per heavy atom. The molecule has 9 nitrogen and oxygen atoms in total. The van der Waals surface area contributed by atoms with Crippen molar-refractivity contribution in [1.82, 2.24) is 5.32 Å². The number of carbonyl (C=O) groups is 2. The smallest absolute Gasteiger partial charge is 0.456 e. The highest BCUT2D eigenvalue weighted by Crippen LogP contribution is 2.43. The van der Waals surface area contributed by atoms with Crippen LogP contribution in [-0.4, -0.2) is 74.3 Å². The van der Waals surface area contributed by atoms with Crippen molar-refractivity contribution in [3.05, 3.63) is 85.1 Å². The Labute approximate surface area is 437 Å². The number of carbonyl (C=O) groups excluding carboxylic acids is 2. The SMILES string of the molecule is CC/C=C\C/C=C\C/C=C\C/C=C\C/C=C\C/C=C\CCC(=O)OC(/C=C/CCCCCCCCCCC)C(COP(=O)(O)OCC[N+](C)(C)C)NC(=O)CCCCCCCCCCCCCCCCC. The average Bonchev–Trinajstić information content (AvgIpc) is 3.33. The zero-order valence-electron chi connectivity index (χ0n) is 46.7. The van der Waals surface area contributed by atoms with Crippen molar-refractivity contribution in [1.29, 1.82) is 0 Å². The molecule has 0 heterocycles. The molecule has 10 heteroatoms. The summed E-state index contributed by atoms with van der Waals surface area (Å²) < 4.78 is 30.5. The van der Waals surface area contributed by atoms with Gasteiger partial charge in [0.1, 0.15) is 19.3 Å². The molecular formula is C61H110N2O7P+. The molecule has 0 fully saturated rings. The summed E-state index contributed by atoms with van der Waals surface area (Å²) in [6, 6.07) is -0.879. The number of amides is 1. The summed E-state index contributed by atoms with van der Waals surface area (Å²) in [7, 11) is 1.45. The highest BCUT2D eigenvalue weighted by molar-refractivity contribution is 7.47. The van der Waals surface area contributed by atoms with E-state index in [9.17, 15) is 19.0 Å². The van der Waals surface area contributed by atoms with Gasteiger partial charge in [0.15, 0.2) is 0 Å². The number of unbranched alkanes of at least 4 members (excludes halogenated alkanes) is 23. The second kappa shape index (κ2) is 50.7. The first kappa shape index (κ1) is 68.2. The Balaban J connectivity index is 5.42. The van der Waals surface area contributed by atoms with Gasteiger partial charge >= 0.3 is 13.8 Å². The zero-order valence-corrected chi connectivity index (χ0v) is 47.6. The van der Waals surface area contributed by atoms with Gasteiger partial charge < -0.3 is 19.4 Å². The molecule has 0 bridgehead atoms. The summed E-state index contributed by atoms with van der Waals surface area (Å²) in [4.78, 5) is 37.5. The van der Waals surface area contributed by atoms with Gasteiger partial charge in [-0.1, -0.05) is 241 Å². The fourth-order valence-corrected chi connectivity index (χ4v) is 8.64. The minimum absolute atomic E-state index is 0.0269. The van der Waals surface area contributed by atoms with Crippen LogP contribution in [0.25, 0.3) is 0 Å². The molecule has 0 rings (SSSR count). The summed E-state index contributed by atoms with van der Waals surface area (Å²) in [5.41, 5.74) is 0. The number of nitrogens with one attached hydrogen (secondary N) is 1. The van der Waals surface area contributed by atoms with Crippen molar-refractivity contribution in [2.45, 2.75) is 251 Å². The highest BCUT2D eigenvalue weighted by Gasteiger charge is 2.30. The lowest BCUT2D eigenvalue weighted by atomic mass is 10.0. The molecule has 0 aliphatic rings. The zero-order chi connectivity index (χ0) is 52.2. The van der Waals surface area contributed by atoms with E-state index in [0.29, 0.717) is 23.9 Å². The van der Waals surface area contributed by atoms with Gasteiger partial charge in [-0.2, -0.15) is 0 Å². The lowest BCUT2D eigenvalue weighted by Crippen LogP contribution is -2.47. The van der Waals surface area contributed by atoms with Gasteiger partial charge in [0.05, 0.1) is 33.8 Å². The summed E-state index contributed by atoms with van der Waals surface area (Å²) >= 11 is 0. The number of likely N-dealkylation sites (N-methyl/N-ethyl adjacent to an activating group) is 1. The number of allylic oxidation sites excluding steroid dienone is 13. The van der Waals surface area contributed by atoms with Gasteiger partial charge in [-0.3, -0.25) is 18.6 Å². The number of hydrogen-bond donors (Lipinski definition) is 2.